The molecule has 28 heavy (non-hydrogen) atoms. The molecule has 0 unspecified atom stereocenters. The minimum Gasteiger partial charge on any atom is -0.319 e. The van der Waals surface area contributed by atoms with Crippen molar-refractivity contribution in [3.63, 3.8) is 0 Å². The maximum absolute atomic E-state index is 12.4. The third-order valence-corrected chi connectivity index (χ3v) is 4.46. The molecule has 0 spiro atoms. The van der Waals surface area contributed by atoms with E-state index in [4.69, 9.17) is 0 Å². The van der Waals surface area contributed by atoms with E-state index in [2.05, 4.69) is 25.6 Å². The van der Waals surface area contributed by atoms with Crippen molar-refractivity contribution in [2.24, 2.45) is 5.10 Å². The molecule has 4 rings (SSSR count). The zero-order valence-corrected chi connectivity index (χ0v) is 15.6. The van der Waals surface area contributed by atoms with Crippen LogP contribution in [0.4, 0.5) is 0 Å². The fourth-order valence-corrected chi connectivity index (χ4v) is 2.98. The van der Waals surface area contributed by atoms with Gasteiger partial charge in [-0.15, -0.1) is 0 Å². The Morgan fingerprint density at radius 3 is 2.68 bits per heavy atom. The van der Waals surface area contributed by atoms with Gasteiger partial charge in [-0.05, 0) is 43.7 Å². The largest absolute Gasteiger partial charge is 0.319 e. The van der Waals surface area contributed by atoms with E-state index in [0.29, 0.717) is 5.71 Å². The molecule has 0 aliphatic rings. The van der Waals surface area contributed by atoms with E-state index in [1.165, 1.54) is 6.33 Å². The van der Waals surface area contributed by atoms with Gasteiger partial charge in [0.2, 0.25) is 0 Å². The predicted octanol–water partition coefficient (Wildman–Crippen LogP) is 2.47. The summed E-state index contributed by atoms with van der Waals surface area (Å²) in [4.78, 5) is 20.8. The SMILES string of the molecule is C/C(=N\NC(=O)Cn1c(C)nc2ccccc21)c1ccc(-n2cncn2)cc1. The van der Waals surface area contributed by atoms with Crippen LogP contribution in [0, 0.1) is 6.92 Å². The Balaban J connectivity index is 1.44. The summed E-state index contributed by atoms with van der Waals surface area (Å²) in [6.07, 6.45) is 3.12. The Morgan fingerprint density at radius 1 is 1.14 bits per heavy atom. The minimum atomic E-state index is -0.204. The van der Waals surface area contributed by atoms with Crippen molar-refractivity contribution in [1.29, 1.82) is 0 Å². The second kappa shape index (κ2) is 7.43. The summed E-state index contributed by atoms with van der Waals surface area (Å²) in [6, 6.07) is 15.4. The predicted molar refractivity (Wildman–Crippen MR) is 106 cm³/mol. The van der Waals surface area contributed by atoms with Crippen molar-refractivity contribution in [2.45, 2.75) is 20.4 Å². The highest BCUT2D eigenvalue weighted by molar-refractivity contribution is 5.99. The van der Waals surface area contributed by atoms with E-state index in [1.54, 1.807) is 11.0 Å². The van der Waals surface area contributed by atoms with Gasteiger partial charge >= 0.3 is 0 Å². The molecule has 140 valence electrons. The monoisotopic (exact) mass is 373 g/mol. The van der Waals surface area contributed by atoms with Gasteiger partial charge in [0.25, 0.3) is 5.91 Å². The van der Waals surface area contributed by atoms with Gasteiger partial charge in [-0.2, -0.15) is 10.2 Å². The fraction of sp³-hybridized carbons (Fsp3) is 0.150. The Morgan fingerprint density at radius 2 is 1.93 bits per heavy atom. The molecule has 0 fully saturated rings. The first kappa shape index (κ1) is 17.6. The summed E-state index contributed by atoms with van der Waals surface area (Å²) in [5.41, 5.74) is 6.96. The highest BCUT2D eigenvalue weighted by atomic mass is 16.2. The number of amides is 1. The number of hydrogen-bond acceptors (Lipinski definition) is 5. The molecule has 0 saturated heterocycles. The van der Waals surface area contributed by atoms with Crippen LogP contribution in [0.25, 0.3) is 16.7 Å². The maximum atomic E-state index is 12.4. The second-order valence-electron chi connectivity index (χ2n) is 6.35. The molecular weight excluding hydrogens is 354 g/mol. The van der Waals surface area contributed by atoms with E-state index < -0.39 is 0 Å². The molecule has 2 heterocycles. The first-order valence-electron chi connectivity index (χ1n) is 8.82. The summed E-state index contributed by atoms with van der Waals surface area (Å²) >= 11 is 0. The van der Waals surface area contributed by atoms with Gasteiger partial charge in [0, 0.05) is 0 Å². The summed E-state index contributed by atoms with van der Waals surface area (Å²) in [5, 5.41) is 8.32. The molecule has 0 radical (unpaired) electrons. The van der Waals surface area contributed by atoms with Crippen LogP contribution in [-0.4, -0.2) is 35.9 Å². The summed E-state index contributed by atoms with van der Waals surface area (Å²) in [7, 11) is 0. The van der Waals surface area contributed by atoms with Crippen LogP contribution >= 0.6 is 0 Å². The number of para-hydroxylation sites is 2. The van der Waals surface area contributed by atoms with Crippen LogP contribution in [0.1, 0.15) is 18.3 Å². The first-order chi connectivity index (χ1) is 13.6. The number of benzene rings is 2. The lowest BCUT2D eigenvalue weighted by Crippen LogP contribution is -2.24. The standard InChI is InChI=1S/C20H19N7O/c1-14(16-7-9-17(10-8-16)27-13-21-12-22-27)24-25-20(28)11-26-15(2)23-18-5-3-4-6-19(18)26/h3-10,12-13H,11H2,1-2H3,(H,25,28)/b24-14+. The zero-order valence-electron chi connectivity index (χ0n) is 15.6. The molecule has 2 aromatic heterocycles. The van der Waals surface area contributed by atoms with Crippen molar-refractivity contribution in [3.8, 4) is 5.69 Å². The summed E-state index contributed by atoms with van der Waals surface area (Å²) < 4.78 is 3.55. The van der Waals surface area contributed by atoms with Gasteiger partial charge in [-0.3, -0.25) is 4.79 Å². The highest BCUT2D eigenvalue weighted by Gasteiger charge is 2.10. The molecule has 0 bridgehead atoms. The summed E-state index contributed by atoms with van der Waals surface area (Å²) in [6.45, 7) is 3.90. The van der Waals surface area contributed by atoms with Gasteiger partial charge in [-0.1, -0.05) is 24.3 Å². The van der Waals surface area contributed by atoms with Gasteiger partial charge in [0.1, 0.15) is 25.0 Å². The van der Waals surface area contributed by atoms with Crippen molar-refractivity contribution in [3.05, 3.63) is 72.6 Å². The third-order valence-electron chi connectivity index (χ3n) is 4.46. The molecule has 0 aliphatic carbocycles. The number of carbonyl (C=O) groups excluding carboxylic acids is 1. The van der Waals surface area contributed by atoms with E-state index >= 15 is 0 Å². The Hall–Kier alpha value is -3.81. The van der Waals surface area contributed by atoms with Crippen LogP contribution in [0.5, 0.6) is 0 Å². The van der Waals surface area contributed by atoms with Crippen LogP contribution in [-0.2, 0) is 11.3 Å². The lowest BCUT2D eigenvalue weighted by Gasteiger charge is -2.07. The van der Waals surface area contributed by atoms with Crippen molar-refractivity contribution in [2.75, 3.05) is 0 Å². The first-order valence-corrected chi connectivity index (χ1v) is 8.82. The number of aromatic nitrogens is 5. The van der Waals surface area contributed by atoms with Crippen molar-refractivity contribution >= 4 is 22.7 Å². The Kier molecular flexibility index (Phi) is 4.67. The molecule has 0 atom stereocenters. The quantitative estimate of drug-likeness (QED) is 0.430. The number of aryl methyl sites for hydroxylation is 1. The van der Waals surface area contributed by atoms with E-state index in [1.807, 2.05) is 66.9 Å². The molecule has 0 aliphatic heterocycles. The number of hydrazone groups is 1. The fourth-order valence-electron chi connectivity index (χ4n) is 2.98. The summed E-state index contributed by atoms with van der Waals surface area (Å²) in [5.74, 6) is 0.589. The second-order valence-corrected chi connectivity index (χ2v) is 6.35. The topological polar surface area (TPSA) is 90.0 Å². The number of imidazole rings is 1. The number of hydrogen-bond donors (Lipinski definition) is 1. The van der Waals surface area contributed by atoms with E-state index in [9.17, 15) is 4.79 Å². The van der Waals surface area contributed by atoms with Crippen LogP contribution in [0.2, 0.25) is 0 Å². The normalized spacial score (nSPS) is 11.7. The lowest BCUT2D eigenvalue weighted by molar-refractivity contribution is -0.121. The minimum absolute atomic E-state index is 0.161. The number of nitrogens with one attached hydrogen (secondary N) is 1. The van der Waals surface area contributed by atoms with Gasteiger partial charge in [-0.25, -0.2) is 20.1 Å². The average Bonchev–Trinajstić information content (AvgIpc) is 3.35. The smallest absolute Gasteiger partial charge is 0.260 e. The van der Waals surface area contributed by atoms with Gasteiger partial charge in [0.15, 0.2) is 0 Å². The molecule has 1 N–H and O–H groups in total. The lowest BCUT2D eigenvalue weighted by atomic mass is 10.1. The maximum Gasteiger partial charge on any atom is 0.260 e. The number of rotatable bonds is 5. The highest BCUT2D eigenvalue weighted by Crippen LogP contribution is 2.15. The Labute approximate surface area is 161 Å². The van der Waals surface area contributed by atoms with Crippen molar-refractivity contribution in [1.82, 2.24) is 29.7 Å². The van der Waals surface area contributed by atoms with Gasteiger partial charge < -0.3 is 4.57 Å². The van der Waals surface area contributed by atoms with Crippen LogP contribution in [0.15, 0.2) is 66.3 Å². The molecule has 4 aromatic rings. The Bertz CT molecular complexity index is 1140. The van der Waals surface area contributed by atoms with Crippen LogP contribution < -0.4 is 5.43 Å². The van der Waals surface area contributed by atoms with E-state index in [0.717, 1.165) is 28.1 Å². The molecule has 0 saturated carbocycles. The molecule has 8 heteroatoms. The number of carbonyl (C=O) groups is 1. The molecule has 8 nitrogen and oxygen atoms in total. The van der Waals surface area contributed by atoms with E-state index in [-0.39, 0.29) is 12.5 Å². The zero-order chi connectivity index (χ0) is 19.5. The number of fused-ring (bicyclic) bond motifs is 1. The van der Waals surface area contributed by atoms with Crippen molar-refractivity contribution < 1.29 is 4.79 Å². The molecular formula is C20H19N7O. The van der Waals surface area contributed by atoms with Crippen LogP contribution in [0.3, 0.4) is 0 Å². The third kappa shape index (κ3) is 3.52. The number of nitrogens with zero attached hydrogens (tertiary/aromatic N) is 6. The average molecular weight is 373 g/mol. The van der Waals surface area contributed by atoms with Gasteiger partial charge in [0.05, 0.1) is 22.4 Å². The molecule has 2 aromatic carbocycles. The molecule has 1 amide bonds.